The summed E-state index contributed by atoms with van der Waals surface area (Å²) in [6.45, 7) is 12.4. The Morgan fingerprint density at radius 3 is 1.19 bits per heavy atom. The van der Waals surface area contributed by atoms with Gasteiger partial charge in [-0.3, -0.25) is 0 Å². The third-order valence-electron chi connectivity index (χ3n) is 11.9. The molecule has 288 valence electrons. The Labute approximate surface area is 358 Å². The number of aryl methyl sites for hydroxylation is 2. The van der Waals surface area contributed by atoms with E-state index in [-0.39, 0.29) is 39.7 Å². The Bertz CT molecular complexity index is 1840. The van der Waals surface area contributed by atoms with Gasteiger partial charge in [-0.2, -0.15) is 12.1 Å². The van der Waals surface area contributed by atoms with Crippen molar-refractivity contribution in [1.29, 1.82) is 0 Å². The van der Waals surface area contributed by atoms with Crippen molar-refractivity contribution in [2.75, 3.05) is 0 Å². The van der Waals surface area contributed by atoms with Crippen LogP contribution in [0.1, 0.15) is 101 Å². The summed E-state index contributed by atoms with van der Waals surface area (Å²) >= 11 is 1.36. The topological polar surface area (TPSA) is 0 Å². The molecule has 0 saturated heterocycles. The zero-order valence-corrected chi connectivity index (χ0v) is 38.8. The first kappa shape index (κ1) is 47.9. The second-order valence-electron chi connectivity index (χ2n) is 15.8. The fraction of sp³-hybridized carbons (Fsp3) is 0.360. The predicted molar refractivity (Wildman–Crippen MR) is 242 cm³/mol. The standard InChI is InChI=1S/2C24H27.2CH3.2ClH.Si.Zr/c2*1-3-18-9-11-20(12-10-18)22-8-6-7-21-15-19(16-23(21)22)17-24(2)13-4-5-14-24;;;;;;/h2*6-12,15-16H,3-5,13-14,17H2,1-2H3;2*1H3;2*1H;;/q4*-1;;;;. The first-order valence-electron chi connectivity index (χ1n) is 19.1. The molecule has 2 aliphatic carbocycles. The molecule has 2 aliphatic rings. The molecule has 0 aromatic heterocycles. The molecule has 0 atom stereocenters. The summed E-state index contributed by atoms with van der Waals surface area (Å²) in [6, 6.07) is 41.3. The maximum absolute atomic E-state index is 3.06. The van der Waals surface area contributed by atoms with Gasteiger partial charge in [0.25, 0.3) is 0 Å². The van der Waals surface area contributed by atoms with E-state index in [2.05, 4.69) is 144 Å². The molecule has 0 bridgehead atoms. The summed E-state index contributed by atoms with van der Waals surface area (Å²) in [6.07, 6.45) is 15.9. The second kappa shape index (κ2) is 21.9. The van der Waals surface area contributed by atoms with E-state index in [1.54, 1.807) is 0 Å². The van der Waals surface area contributed by atoms with Crippen LogP contribution in [-0.4, -0.2) is 6.88 Å². The summed E-state index contributed by atoms with van der Waals surface area (Å²) in [5.41, 5.74) is 12.3. The molecule has 2 saturated carbocycles. The number of fused-ring (bicyclic) bond motifs is 2. The van der Waals surface area contributed by atoms with Crippen molar-refractivity contribution in [3.05, 3.63) is 146 Å². The van der Waals surface area contributed by atoms with Crippen LogP contribution in [0.3, 0.4) is 0 Å². The summed E-state index contributed by atoms with van der Waals surface area (Å²) < 4.78 is 0. The van der Waals surface area contributed by atoms with Crippen LogP contribution < -0.4 is 0 Å². The average Bonchev–Trinajstić information content (AvgIpc) is 3.96. The van der Waals surface area contributed by atoms with Gasteiger partial charge in [0.1, 0.15) is 0 Å². The molecule has 6 aromatic rings. The summed E-state index contributed by atoms with van der Waals surface area (Å²) in [4.78, 5) is 0. The van der Waals surface area contributed by atoms with Crippen LogP contribution in [0.4, 0.5) is 0 Å². The molecule has 0 spiro atoms. The van der Waals surface area contributed by atoms with Crippen LogP contribution in [0.15, 0.2) is 109 Å². The minimum atomic E-state index is 0. The molecule has 2 fully saturated rings. The molecule has 0 heterocycles. The molecule has 0 aliphatic heterocycles. The van der Waals surface area contributed by atoms with E-state index in [1.807, 2.05) is 0 Å². The fourth-order valence-corrected chi connectivity index (χ4v) is 8.94. The fourth-order valence-electron chi connectivity index (χ4n) is 8.94. The van der Waals surface area contributed by atoms with Gasteiger partial charge in [-0.1, -0.05) is 125 Å². The minimum absolute atomic E-state index is 0. The van der Waals surface area contributed by atoms with Crippen LogP contribution >= 0.6 is 24.8 Å². The Balaban J connectivity index is 0.000000334. The van der Waals surface area contributed by atoms with Crippen LogP contribution in [0.25, 0.3) is 43.8 Å². The van der Waals surface area contributed by atoms with Crippen molar-refractivity contribution in [2.45, 2.75) is 105 Å². The van der Waals surface area contributed by atoms with Gasteiger partial charge >= 0.3 is 30.2 Å². The number of hydrogen-bond acceptors (Lipinski definition) is 0. The van der Waals surface area contributed by atoms with Crippen LogP contribution in [0.5, 0.6) is 0 Å². The molecule has 8 rings (SSSR count). The van der Waals surface area contributed by atoms with Crippen molar-refractivity contribution in [1.82, 2.24) is 0 Å². The molecule has 4 heteroatoms. The monoisotopic (exact) mass is 850 g/mol. The normalized spacial score (nSPS) is 14.9. The molecule has 54 heavy (non-hydrogen) atoms. The van der Waals surface area contributed by atoms with Crippen LogP contribution in [0, 0.1) is 25.7 Å². The van der Waals surface area contributed by atoms with Gasteiger partial charge in [-0.25, -0.2) is 0 Å². The zero-order valence-electron chi connectivity index (χ0n) is 33.7. The molecular weight excluding hydrogens is 791 g/mol. The van der Waals surface area contributed by atoms with Gasteiger partial charge in [0.2, 0.25) is 0 Å². The number of hydrogen-bond donors (Lipinski definition) is 0. The van der Waals surface area contributed by atoms with Gasteiger partial charge in [-0.05, 0) is 84.5 Å². The Morgan fingerprint density at radius 2 is 0.870 bits per heavy atom. The molecular formula is C50H62Cl2SiZr-4. The summed E-state index contributed by atoms with van der Waals surface area (Å²) in [7, 11) is 0. The van der Waals surface area contributed by atoms with Crippen molar-refractivity contribution in [2.24, 2.45) is 10.8 Å². The van der Waals surface area contributed by atoms with E-state index in [1.165, 1.54) is 154 Å². The molecule has 0 N–H and O–H groups in total. The SMILES string of the molecule is CCc1ccc(-c2cccc3[cH-]c(CC4(C)CCCC4)cc23)cc1.CCc1ccc(-c2cccc3[cH-]c(CC4(C)CCCC4)cc23)cc1.Cl.Cl.[CH3-].[CH3-].[Si]=[Zr]. The van der Waals surface area contributed by atoms with E-state index in [9.17, 15) is 0 Å². The van der Waals surface area contributed by atoms with E-state index in [0.29, 0.717) is 10.8 Å². The number of rotatable bonds is 8. The molecule has 6 aromatic carbocycles. The third-order valence-corrected chi connectivity index (χ3v) is 11.9. The average molecular weight is 853 g/mol. The van der Waals surface area contributed by atoms with Crippen molar-refractivity contribution in [3.63, 3.8) is 0 Å². The molecule has 0 nitrogen and oxygen atoms in total. The van der Waals surface area contributed by atoms with Gasteiger partial charge in [0, 0.05) is 0 Å². The van der Waals surface area contributed by atoms with Crippen LogP contribution in [-0.2, 0) is 49.0 Å². The number of benzene rings is 4. The Kier molecular flexibility index (Phi) is 19.4. The van der Waals surface area contributed by atoms with E-state index >= 15 is 0 Å². The zero-order chi connectivity index (χ0) is 35.1. The van der Waals surface area contributed by atoms with E-state index in [0.717, 1.165) is 12.8 Å². The predicted octanol–water partition coefficient (Wildman–Crippen LogP) is 15.2. The summed E-state index contributed by atoms with van der Waals surface area (Å²) in [5.74, 6) is 0. The quantitative estimate of drug-likeness (QED) is 0.106. The van der Waals surface area contributed by atoms with Crippen molar-refractivity contribution >= 4 is 53.2 Å². The third kappa shape index (κ3) is 11.4. The van der Waals surface area contributed by atoms with Crippen molar-refractivity contribution < 1.29 is 23.3 Å². The summed E-state index contributed by atoms with van der Waals surface area (Å²) in [5, 5.41) is 5.61. The second-order valence-corrected chi connectivity index (χ2v) is 15.8. The Morgan fingerprint density at radius 1 is 0.537 bits per heavy atom. The van der Waals surface area contributed by atoms with Gasteiger partial charge in [0.15, 0.2) is 0 Å². The van der Waals surface area contributed by atoms with Gasteiger partial charge in [0.05, 0.1) is 0 Å². The number of halogens is 2. The first-order chi connectivity index (χ1) is 24.3. The van der Waals surface area contributed by atoms with Gasteiger partial charge in [-0.15, -0.1) is 93.9 Å². The Hall–Kier alpha value is -2.22. The molecule has 2 radical (unpaired) electrons. The van der Waals surface area contributed by atoms with Gasteiger partial charge < -0.3 is 14.9 Å². The first-order valence-corrected chi connectivity index (χ1v) is 23.3. The molecule has 0 amide bonds. The van der Waals surface area contributed by atoms with Crippen molar-refractivity contribution in [3.8, 4) is 22.3 Å². The van der Waals surface area contributed by atoms with E-state index < -0.39 is 0 Å². The maximum atomic E-state index is 3.06. The molecule has 0 unspecified atom stereocenters. The van der Waals surface area contributed by atoms with Crippen LogP contribution in [0.2, 0.25) is 0 Å². The van der Waals surface area contributed by atoms with E-state index in [4.69, 9.17) is 0 Å².